The van der Waals surface area contributed by atoms with E-state index in [4.69, 9.17) is 10.8 Å². The van der Waals surface area contributed by atoms with Gasteiger partial charge in [-0.1, -0.05) is 0 Å². The van der Waals surface area contributed by atoms with Crippen LogP contribution in [-0.2, 0) is 15.0 Å². The van der Waals surface area contributed by atoms with E-state index in [9.17, 15) is 18.0 Å². The van der Waals surface area contributed by atoms with Gasteiger partial charge in [0.25, 0.3) is 10.2 Å². The van der Waals surface area contributed by atoms with Crippen LogP contribution in [0.3, 0.4) is 0 Å². The fourth-order valence-electron chi connectivity index (χ4n) is 1.82. The lowest BCUT2D eigenvalue weighted by Crippen LogP contribution is -2.49. The highest BCUT2D eigenvalue weighted by Gasteiger charge is 2.31. The third-order valence-corrected chi connectivity index (χ3v) is 4.36. The Bertz CT molecular complexity index is 438. The number of amides is 2. The summed E-state index contributed by atoms with van der Waals surface area (Å²) in [4.78, 5) is 21.3. The number of carbonyl (C=O) groups excluding carboxylic acids is 1. The minimum atomic E-state index is -3.72. The van der Waals surface area contributed by atoms with E-state index in [1.807, 2.05) is 0 Å². The average molecular weight is 294 g/mol. The Balaban J connectivity index is 2.47. The van der Waals surface area contributed by atoms with Gasteiger partial charge in [0, 0.05) is 26.2 Å². The van der Waals surface area contributed by atoms with E-state index in [1.165, 1.54) is 0 Å². The third kappa shape index (κ3) is 5.01. The number of nitrogens with one attached hydrogen (secondary N) is 2. The number of carboxylic acids is 1. The number of piperidine rings is 1. The Morgan fingerprint density at radius 2 is 2.05 bits per heavy atom. The van der Waals surface area contributed by atoms with Crippen LogP contribution in [0.25, 0.3) is 0 Å². The van der Waals surface area contributed by atoms with Crippen LogP contribution in [0.15, 0.2) is 0 Å². The first-order chi connectivity index (χ1) is 8.83. The van der Waals surface area contributed by atoms with Crippen molar-refractivity contribution in [2.45, 2.75) is 12.8 Å². The van der Waals surface area contributed by atoms with Crippen molar-refractivity contribution >= 4 is 22.2 Å². The molecule has 1 heterocycles. The summed E-state index contributed by atoms with van der Waals surface area (Å²) in [6, 6.07) is -0.733. The summed E-state index contributed by atoms with van der Waals surface area (Å²) in [5.74, 6) is -1.66. The second-order valence-corrected chi connectivity index (χ2v) is 5.98. The molecule has 2 amide bonds. The normalized spacial score (nSPS) is 20.9. The molecule has 0 saturated carbocycles. The van der Waals surface area contributed by atoms with E-state index in [2.05, 4.69) is 10.0 Å². The molecule has 1 fully saturated rings. The van der Waals surface area contributed by atoms with Gasteiger partial charge in [0.15, 0.2) is 0 Å². The molecular formula is C9H18N4O5S. The SMILES string of the molecule is NC(=O)NCCNS(=O)(=O)N1CCCC(C(=O)O)C1. The number of carboxylic acid groups (broad SMARTS) is 1. The zero-order chi connectivity index (χ0) is 14.5. The Hall–Kier alpha value is -1.39. The van der Waals surface area contributed by atoms with E-state index < -0.39 is 28.1 Å². The van der Waals surface area contributed by atoms with Crippen molar-refractivity contribution in [1.82, 2.24) is 14.3 Å². The molecule has 1 atom stereocenters. The maximum atomic E-state index is 11.9. The second-order valence-electron chi connectivity index (χ2n) is 4.23. The molecule has 0 aliphatic carbocycles. The van der Waals surface area contributed by atoms with Crippen LogP contribution in [0.2, 0.25) is 0 Å². The van der Waals surface area contributed by atoms with Crippen molar-refractivity contribution in [1.29, 1.82) is 0 Å². The topological polar surface area (TPSA) is 142 Å². The molecular weight excluding hydrogens is 276 g/mol. The number of nitrogens with two attached hydrogens (primary N) is 1. The number of nitrogens with zero attached hydrogens (tertiary/aromatic N) is 1. The zero-order valence-electron chi connectivity index (χ0n) is 10.3. The van der Waals surface area contributed by atoms with Gasteiger partial charge in [0.05, 0.1) is 5.92 Å². The maximum absolute atomic E-state index is 11.9. The predicted octanol–water partition coefficient (Wildman–Crippen LogP) is -1.71. The van der Waals surface area contributed by atoms with E-state index in [0.717, 1.165) is 4.31 Å². The molecule has 0 spiro atoms. The fraction of sp³-hybridized carbons (Fsp3) is 0.778. The molecule has 1 rings (SSSR count). The van der Waals surface area contributed by atoms with Gasteiger partial charge in [-0.2, -0.15) is 12.7 Å². The minimum absolute atomic E-state index is 0.000485. The number of carbonyl (C=O) groups is 2. The number of urea groups is 1. The van der Waals surface area contributed by atoms with Crippen LogP contribution in [0, 0.1) is 5.92 Å². The van der Waals surface area contributed by atoms with Gasteiger partial charge in [0.2, 0.25) is 0 Å². The Labute approximate surface area is 111 Å². The highest BCUT2D eigenvalue weighted by atomic mass is 32.2. The van der Waals surface area contributed by atoms with Crippen molar-refractivity contribution in [3.63, 3.8) is 0 Å². The fourth-order valence-corrected chi connectivity index (χ4v) is 3.11. The monoisotopic (exact) mass is 294 g/mol. The number of rotatable bonds is 6. The average Bonchev–Trinajstić information content (AvgIpc) is 2.34. The molecule has 9 nitrogen and oxygen atoms in total. The molecule has 1 aliphatic rings. The Morgan fingerprint density at radius 3 is 2.63 bits per heavy atom. The molecule has 1 aliphatic heterocycles. The summed E-state index contributed by atoms with van der Waals surface area (Å²) in [6.45, 7) is 0.334. The molecule has 5 N–H and O–H groups in total. The summed E-state index contributed by atoms with van der Waals surface area (Å²) >= 11 is 0. The van der Waals surface area contributed by atoms with Gasteiger partial charge < -0.3 is 16.2 Å². The molecule has 0 aromatic heterocycles. The highest BCUT2D eigenvalue weighted by Crippen LogP contribution is 2.18. The molecule has 1 saturated heterocycles. The first-order valence-electron chi connectivity index (χ1n) is 5.84. The summed E-state index contributed by atoms with van der Waals surface area (Å²) in [5.41, 5.74) is 4.83. The van der Waals surface area contributed by atoms with E-state index in [-0.39, 0.29) is 19.6 Å². The number of hydrogen-bond donors (Lipinski definition) is 4. The maximum Gasteiger partial charge on any atom is 0.312 e. The van der Waals surface area contributed by atoms with Crippen molar-refractivity contribution in [2.24, 2.45) is 11.7 Å². The van der Waals surface area contributed by atoms with E-state index in [1.54, 1.807) is 0 Å². The van der Waals surface area contributed by atoms with Crippen LogP contribution in [0.5, 0.6) is 0 Å². The smallest absolute Gasteiger partial charge is 0.312 e. The Morgan fingerprint density at radius 1 is 1.37 bits per heavy atom. The number of aliphatic carboxylic acids is 1. The van der Waals surface area contributed by atoms with Crippen molar-refractivity contribution in [3.8, 4) is 0 Å². The summed E-state index contributed by atoms with van der Waals surface area (Å²) in [5, 5.41) is 11.1. The summed E-state index contributed by atoms with van der Waals surface area (Å²) in [6.07, 6.45) is 0.988. The van der Waals surface area contributed by atoms with Gasteiger partial charge in [-0.05, 0) is 12.8 Å². The van der Waals surface area contributed by atoms with Gasteiger partial charge >= 0.3 is 12.0 Å². The van der Waals surface area contributed by atoms with Crippen LogP contribution in [-0.4, -0.2) is 56.0 Å². The highest BCUT2D eigenvalue weighted by molar-refractivity contribution is 7.87. The van der Waals surface area contributed by atoms with E-state index >= 15 is 0 Å². The van der Waals surface area contributed by atoms with Gasteiger partial charge in [0.1, 0.15) is 0 Å². The van der Waals surface area contributed by atoms with Crippen LogP contribution >= 0.6 is 0 Å². The molecule has 1 unspecified atom stereocenters. The number of primary amides is 1. The lowest BCUT2D eigenvalue weighted by Gasteiger charge is -2.29. The van der Waals surface area contributed by atoms with Gasteiger partial charge in [-0.15, -0.1) is 0 Å². The molecule has 0 aromatic rings. The van der Waals surface area contributed by atoms with Crippen LogP contribution < -0.4 is 15.8 Å². The largest absolute Gasteiger partial charge is 0.481 e. The van der Waals surface area contributed by atoms with Crippen molar-refractivity contribution in [3.05, 3.63) is 0 Å². The standard InChI is InChI=1S/C9H18N4O5S/c10-9(16)11-3-4-12-19(17,18)13-5-1-2-7(6-13)8(14)15/h7,12H,1-6H2,(H,14,15)(H3,10,11,16). The summed E-state index contributed by atoms with van der Waals surface area (Å²) in [7, 11) is -3.72. The molecule has 0 radical (unpaired) electrons. The quantitative estimate of drug-likeness (QED) is 0.431. The van der Waals surface area contributed by atoms with Gasteiger partial charge in [-0.3, -0.25) is 4.79 Å². The Kier molecular flexibility index (Phi) is 5.51. The van der Waals surface area contributed by atoms with Crippen LogP contribution in [0.1, 0.15) is 12.8 Å². The third-order valence-electron chi connectivity index (χ3n) is 2.78. The van der Waals surface area contributed by atoms with Crippen LogP contribution in [0.4, 0.5) is 4.79 Å². The lowest BCUT2D eigenvalue weighted by molar-refractivity contribution is -0.142. The molecule has 10 heteroatoms. The first kappa shape index (κ1) is 15.7. The molecule has 19 heavy (non-hydrogen) atoms. The molecule has 0 aromatic carbocycles. The second kappa shape index (κ2) is 6.68. The summed E-state index contributed by atoms with van der Waals surface area (Å²) < 4.78 is 27.1. The molecule has 110 valence electrons. The first-order valence-corrected chi connectivity index (χ1v) is 7.28. The van der Waals surface area contributed by atoms with E-state index in [0.29, 0.717) is 19.4 Å². The predicted molar refractivity (Wildman–Crippen MR) is 66.4 cm³/mol. The van der Waals surface area contributed by atoms with Crippen molar-refractivity contribution in [2.75, 3.05) is 26.2 Å². The van der Waals surface area contributed by atoms with Gasteiger partial charge in [-0.25, -0.2) is 9.52 Å². The minimum Gasteiger partial charge on any atom is -0.481 e. The number of hydrogen-bond acceptors (Lipinski definition) is 4. The van der Waals surface area contributed by atoms with Crippen molar-refractivity contribution < 1.29 is 23.1 Å². The lowest BCUT2D eigenvalue weighted by atomic mass is 10.0. The molecule has 0 bridgehead atoms. The zero-order valence-corrected chi connectivity index (χ0v) is 11.1.